The lowest BCUT2D eigenvalue weighted by atomic mass is 9.95. The molecule has 11 heteroatoms. The molecule has 1 aliphatic heterocycles. The Morgan fingerprint density at radius 1 is 1.23 bits per heavy atom. The van der Waals surface area contributed by atoms with Crippen molar-refractivity contribution in [3.8, 4) is 17.3 Å². The number of hydrogen-bond donors (Lipinski definition) is 0. The maximum Gasteiger partial charge on any atom is 0.573 e. The van der Waals surface area contributed by atoms with E-state index in [2.05, 4.69) is 20.0 Å². The van der Waals surface area contributed by atoms with Crippen LogP contribution in [0.15, 0.2) is 41.1 Å². The lowest BCUT2D eigenvalue weighted by molar-refractivity contribution is -0.274. The Morgan fingerprint density at radius 3 is 2.68 bits per heavy atom. The molecule has 0 radical (unpaired) electrons. The Kier molecular flexibility index (Phi) is 5.66. The molecule has 1 fully saturated rings. The van der Waals surface area contributed by atoms with E-state index in [0.717, 1.165) is 11.8 Å². The average Bonchev–Trinajstić information content (AvgIpc) is 3.42. The van der Waals surface area contributed by atoms with Crippen molar-refractivity contribution in [3.63, 3.8) is 0 Å². The predicted molar refractivity (Wildman–Crippen MR) is 102 cm³/mol. The molecule has 4 rings (SSSR count). The van der Waals surface area contributed by atoms with Gasteiger partial charge in [-0.2, -0.15) is 10.1 Å². The second-order valence-corrected chi connectivity index (χ2v) is 7.10. The van der Waals surface area contributed by atoms with E-state index in [4.69, 9.17) is 4.52 Å². The maximum atomic E-state index is 12.8. The molecule has 3 heterocycles. The summed E-state index contributed by atoms with van der Waals surface area (Å²) in [5, 5.41) is 8.26. The number of nitrogens with zero attached hydrogens (tertiary/aromatic N) is 5. The largest absolute Gasteiger partial charge is 0.573 e. The number of alkyl halides is 3. The number of hydrogen-bond acceptors (Lipinski definition) is 6. The minimum absolute atomic E-state index is 0.0128. The third-order valence-corrected chi connectivity index (χ3v) is 5.17. The smallest absolute Gasteiger partial charge is 0.405 e. The van der Waals surface area contributed by atoms with Crippen molar-refractivity contribution in [2.75, 3.05) is 13.1 Å². The summed E-state index contributed by atoms with van der Waals surface area (Å²) in [4.78, 5) is 18.8. The van der Waals surface area contributed by atoms with Gasteiger partial charge in [0.05, 0.1) is 5.56 Å². The van der Waals surface area contributed by atoms with Gasteiger partial charge in [0.25, 0.3) is 11.8 Å². The molecule has 1 aromatic carbocycles. The second kappa shape index (κ2) is 8.40. The number of likely N-dealkylation sites (tertiary alicyclic amines) is 1. The van der Waals surface area contributed by atoms with Crippen LogP contribution in [0.3, 0.4) is 0 Å². The van der Waals surface area contributed by atoms with E-state index in [9.17, 15) is 18.0 Å². The highest BCUT2D eigenvalue weighted by Gasteiger charge is 2.34. The van der Waals surface area contributed by atoms with Crippen LogP contribution >= 0.6 is 0 Å². The van der Waals surface area contributed by atoms with Crippen LogP contribution in [0.25, 0.3) is 11.6 Å². The maximum absolute atomic E-state index is 12.8. The molecular formula is C20H20F3N5O3. The standard InChI is InChI=1S/C20H20F3N5O3/c1-2-28-15(7-10-24-28)18-25-17(26-31-18)13-8-11-27(12-9-13)19(29)14-5-3-4-6-16(14)30-20(21,22)23/h3-7,10,13H,2,8-9,11-12H2,1H3. The van der Waals surface area contributed by atoms with E-state index < -0.39 is 18.0 Å². The zero-order valence-corrected chi connectivity index (χ0v) is 16.7. The molecule has 0 saturated carbocycles. The summed E-state index contributed by atoms with van der Waals surface area (Å²) in [5.41, 5.74) is 0.614. The number of halogens is 3. The molecule has 0 N–H and O–H groups in total. The number of piperidine rings is 1. The summed E-state index contributed by atoms with van der Waals surface area (Å²) in [6.07, 6.45) is -2.07. The fourth-order valence-electron chi connectivity index (χ4n) is 3.64. The number of carbonyl (C=O) groups excluding carboxylic acids is 1. The van der Waals surface area contributed by atoms with E-state index in [-0.39, 0.29) is 11.5 Å². The Balaban J connectivity index is 1.42. The van der Waals surface area contributed by atoms with Gasteiger partial charge in [0.2, 0.25) is 0 Å². The number of para-hydroxylation sites is 1. The lowest BCUT2D eigenvalue weighted by Crippen LogP contribution is -2.38. The summed E-state index contributed by atoms with van der Waals surface area (Å²) < 4.78 is 49.1. The van der Waals surface area contributed by atoms with E-state index >= 15 is 0 Å². The number of aromatic nitrogens is 4. The van der Waals surface area contributed by atoms with Crippen molar-refractivity contribution < 1.29 is 27.2 Å². The van der Waals surface area contributed by atoms with Crippen LogP contribution in [0.2, 0.25) is 0 Å². The lowest BCUT2D eigenvalue weighted by Gasteiger charge is -2.31. The number of ether oxygens (including phenoxy) is 1. The molecule has 0 atom stereocenters. The third-order valence-electron chi connectivity index (χ3n) is 5.17. The Labute approximate surface area is 175 Å². The highest BCUT2D eigenvalue weighted by atomic mass is 19.4. The van der Waals surface area contributed by atoms with Crippen molar-refractivity contribution in [1.82, 2.24) is 24.8 Å². The van der Waals surface area contributed by atoms with Crippen LogP contribution in [-0.4, -0.2) is 50.2 Å². The van der Waals surface area contributed by atoms with Gasteiger partial charge in [0, 0.05) is 31.7 Å². The SMILES string of the molecule is CCn1nccc1-c1nc(C2CCN(C(=O)c3ccccc3OC(F)(F)F)CC2)no1. The number of aryl methyl sites for hydroxylation is 1. The predicted octanol–water partition coefficient (Wildman–Crippen LogP) is 3.87. The highest BCUT2D eigenvalue weighted by Crippen LogP contribution is 2.31. The first kappa shape index (κ1) is 20.9. The molecule has 1 amide bonds. The first-order valence-electron chi connectivity index (χ1n) is 9.85. The quantitative estimate of drug-likeness (QED) is 0.605. The van der Waals surface area contributed by atoms with Crippen LogP contribution in [-0.2, 0) is 6.54 Å². The van der Waals surface area contributed by atoms with Gasteiger partial charge >= 0.3 is 6.36 Å². The van der Waals surface area contributed by atoms with Gasteiger partial charge in [-0.1, -0.05) is 17.3 Å². The topological polar surface area (TPSA) is 86.3 Å². The van der Waals surface area contributed by atoms with Crippen molar-refractivity contribution >= 4 is 5.91 Å². The summed E-state index contributed by atoms with van der Waals surface area (Å²) in [5.74, 6) is -0.0875. The van der Waals surface area contributed by atoms with Gasteiger partial charge < -0.3 is 14.2 Å². The molecule has 0 aliphatic carbocycles. The first-order valence-corrected chi connectivity index (χ1v) is 9.85. The van der Waals surface area contributed by atoms with E-state index in [0.29, 0.717) is 44.2 Å². The van der Waals surface area contributed by atoms with Crippen LogP contribution in [0.1, 0.15) is 41.9 Å². The minimum Gasteiger partial charge on any atom is -0.405 e. The normalized spacial score (nSPS) is 15.3. The number of amides is 1. The third kappa shape index (κ3) is 4.54. The molecule has 3 aromatic rings. The molecule has 2 aromatic heterocycles. The summed E-state index contributed by atoms with van der Waals surface area (Å²) in [6.45, 7) is 3.35. The molecule has 1 saturated heterocycles. The highest BCUT2D eigenvalue weighted by molar-refractivity contribution is 5.97. The average molecular weight is 435 g/mol. The van der Waals surface area contributed by atoms with Crippen molar-refractivity contribution in [2.45, 2.75) is 38.6 Å². The number of rotatable bonds is 5. The number of benzene rings is 1. The van der Waals surface area contributed by atoms with Gasteiger partial charge in [-0.15, -0.1) is 13.2 Å². The van der Waals surface area contributed by atoms with Gasteiger partial charge in [-0.3, -0.25) is 9.48 Å². The number of carbonyl (C=O) groups is 1. The fraction of sp³-hybridized carbons (Fsp3) is 0.400. The van der Waals surface area contributed by atoms with E-state index in [1.54, 1.807) is 16.9 Å². The van der Waals surface area contributed by atoms with Gasteiger partial charge in [0.15, 0.2) is 5.82 Å². The van der Waals surface area contributed by atoms with Crippen molar-refractivity contribution in [2.24, 2.45) is 0 Å². The van der Waals surface area contributed by atoms with Gasteiger partial charge in [-0.25, -0.2) is 0 Å². The Bertz CT molecular complexity index is 1050. The van der Waals surface area contributed by atoms with Crippen molar-refractivity contribution in [3.05, 3.63) is 47.9 Å². The Hall–Kier alpha value is -3.37. The summed E-state index contributed by atoms with van der Waals surface area (Å²) >= 11 is 0. The Morgan fingerprint density at radius 2 is 1.97 bits per heavy atom. The zero-order valence-electron chi connectivity index (χ0n) is 16.7. The molecule has 0 spiro atoms. The minimum atomic E-state index is -4.87. The van der Waals surface area contributed by atoms with Crippen LogP contribution < -0.4 is 4.74 Å². The molecule has 31 heavy (non-hydrogen) atoms. The fourth-order valence-corrected chi connectivity index (χ4v) is 3.64. The summed E-state index contributed by atoms with van der Waals surface area (Å²) in [7, 11) is 0. The molecular weight excluding hydrogens is 415 g/mol. The first-order chi connectivity index (χ1) is 14.9. The summed E-state index contributed by atoms with van der Waals surface area (Å²) in [6, 6.07) is 7.16. The monoisotopic (exact) mass is 435 g/mol. The van der Waals surface area contributed by atoms with E-state index in [1.807, 2.05) is 6.92 Å². The van der Waals surface area contributed by atoms with Gasteiger partial charge in [0.1, 0.15) is 11.4 Å². The zero-order chi connectivity index (χ0) is 22.0. The van der Waals surface area contributed by atoms with Crippen LogP contribution in [0.4, 0.5) is 13.2 Å². The van der Waals surface area contributed by atoms with Crippen LogP contribution in [0, 0.1) is 0 Å². The van der Waals surface area contributed by atoms with Gasteiger partial charge in [-0.05, 0) is 38.0 Å². The van der Waals surface area contributed by atoms with Crippen molar-refractivity contribution in [1.29, 1.82) is 0 Å². The molecule has 0 unspecified atom stereocenters. The second-order valence-electron chi connectivity index (χ2n) is 7.10. The van der Waals surface area contributed by atoms with E-state index in [1.165, 1.54) is 23.1 Å². The molecule has 8 nitrogen and oxygen atoms in total. The molecule has 164 valence electrons. The van der Waals surface area contributed by atoms with Crippen LogP contribution in [0.5, 0.6) is 5.75 Å². The molecule has 1 aliphatic rings. The molecule has 0 bridgehead atoms.